The van der Waals surface area contributed by atoms with Crippen LogP contribution < -0.4 is 0 Å². The highest BCUT2D eigenvalue weighted by Gasteiger charge is 2.07. The Morgan fingerprint density at radius 2 is 2.17 bits per heavy atom. The molecule has 0 bridgehead atoms. The van der Waals surface area contributed by atoms with Gasteiger partial charge >= 0.3 is 5.97 Å². The van der Waals surface area contributed by atoms with E-state index in [0.717, 1.165) is 24.8 Å². The highest BCUT2D eigenvalue weighted by molar-refractivity contribution is 5.69. The summed E-state index contributed by atoms with van der Waals surface area (Å²) in [5.74, 6) is 0.604. The normalized spacial score (nSPS) is 12.1. The average Bonchev–Trinajstić information content (AvgIpc) is 2.35. The molecule has 0 fully saturated rings. The predicted octanol–water partition coefficient (Wildman–Crippen LogP) is 3.62. The number of benzene rings is 1. The molecule has 0 aliphatic carbocycles. The van der Waals surface area contributed by atoms with Crippen molar-refractivity contribution >= 4 is 5.97 Å². The fourth-order valence-electron chi connectivity index (χ4n) is 1.95. The maximum Gasteiger partial charge on any atom is 0.305 e. The zero-order valence-corrected chi connectivity index (χ0v) is 11.2. The number of phenolic OH excluding ortho intramolecular Hbond substituents is 1. The van der Waals surface area contributed by atoms with Crippen molar-refractivity contribution in [2.24, 2.45) is 0 Å². The smallest absolute Gasteiger partial charge is 0.305 e. The molecule has 0 spiro atoms. The number of unbranched alkanes of at least 4 members (excludes halogenated alkanes) is 1. The number of esters is 1. The van der Waals surface area contributed by atoms with E-state index in [9.17, 15) is 9.90 Å². The highest BCUT2D eigenvalue weighted by Crippen LogP contribution is 2.24. The zero-order valence-electron chi connectivity index (χ0n) is 11.2. The Labute approximate surface area is 109 Å². The molecule has 1 N–H and O–H groups in total. The summed E-state index contributed by atoms with van der Waals surface area (Å²) in [6, 6.07) is 7.36. The van der Waals surface area contributed by atoms with Gasteiger partial charge < -0.3 is 9.84 Å². The molecule has 0 aromatic heterocycles. The van der Waals surface area contributed by atoms with Crippen molar-refractivity contribution < 1.29 is 14.6 Å². The van der Waals surface area contributed by atoms with Crippen LogP contribution in [0.2, 0.25) is 0 Å². The van der Waals surface area contributed by atoms with E-state index in [2.05, 4.69) is 6.92 Å². The molecule has 1 aromatic rings. The van der Waals surface area contributed by atoms with Gasteiger partial charge in [0.1, 0.15) is 5.75 Å². The standard InChI is InChI=1S/C15H22O3/c1-3-18-15(17)10-5-4-7-12(2)13-8-6-9-14(16)11-13/h6,8-9,11-12,16H,3-5,7,10H2,1-2H3. The number of rotatable bonds is 7. The molecular weight excluding hydrogens is 228 g/mol. The monoisotopic (exact) mass is 250 g/mol. The van der Waals surface area contributed by atoms with Gasteiger partial charge in [-0.25, -0.2) is 0 Å². The van der Waals surface area contributed by atoms with Crippen molar-refractivity contribution in [3.05, 3.63) is 29.8 Å². The van der Waals surface area contributed by atoms with E-state index in [0.29, 0.717) is 24.7 Å². The minimum Gasteiger partial charge on any atom is -0.508 e. The molecule has 1 atom stereocenters. The van der Waals surface area contributed by atoms with Crippen LogP contribution in [0.15, 0.2) is 24.3 Å². The van der Waals surface area contributed by atoms with Crippen molar-refractivity contribution in [3.63, 3.8) is 0 Å². The van der Waals surface area contributed by atoms with E-state index in [1.165, 1.54) is 0 Å². The van der Waals surface area contributed by atoms with Gasteiger partial charge in [0.15, 0.2) is 0 Å². The van der Waals surface area contributed by atoms with Crippen LogP contribution in [0, 0.1) is 0 Å². The first-order chi connectivity index (χ1) is 8.63. The second-order valence-electron chi connectivity index (χ2n) is 4.55. The van der Waals surface area contributed by atoms with Crippen LogP contribution in [-0.4, -0.2) is 17.7 Å². The van der Waals surface area contributed by atoms with E-state index in [1.54, 1.807) is 12.1 Å². The number of carbonyl (C=O) groups is 1. The summed E-state index contributed by atoms with van der Waals surface area (Å²) in [4.78, 5) is 11.1. The van der Waals surface area contributed by atoms with Gasteiger partial charge in [-0.2, -0.15) is 0 Å². The van der Waals surface area contributed by atoms with Crippen LogP contribution in [-0.2, 0) is 9.53 Å². The Bertz CT molecular complexity index is 374. The third-order valence-corrected chi connectivity index (χ3v) is 3.01. The number of aromatic hydroxyl groups is 1. The van der Waals surface area contributed by atoms with Gasteiger partial charge in [-0.1, -0.05) is 25.5 Å². The van der Waals surface area contributed by atoms with Gasteiger partial charge in [0.2, 0.25) is 0 Å². The largest absolute Gasteiger partial charge is 0.508 e. The van der Waals surface area contributed by atoms with Gasteiger partial charge in [0, 0.05) is 6.42 Å². The Morgan fingerprint density at radius 3 is 2.83 bits per heavy atom. The van der Waals surface area contributed by atoms with Crippen molar-refractivity contribution in [3.8, 4) is 5.75 Å². The van der Waals surface area contributed by atoms with Crippen LogP contribution in [0.3, 0.4) is 0 Å². The summed E-state index contributed by atoms with van der Waals surface area (Å²) in [5, 5.41) is 9.40. The number of carbonyl (C=O) groups excluding carboxylic acids is 1. The predicted molar refractivity (Wildman–Crippen MR) is 71.6 cm³/mol. The molecule has 0 saturated carbocycles. The molecule has 1 unspecified atom stereocenters. The van der Waals surface area contributed by atoms with E-state index in [-0.39, 0.29) is 5.97 Å². The zero-order chi connectivity index (χ0) is 13.4. The average molecular weight is 250 g/mol. The summed E-state index contributed by atoms with van der Waals surface area (Å²) in [6.07, 6.45) is 3.38. The van der Waals surface area contributed by atoms with Gasteiger partial charge in [-0.05, 0) is 43.4 Å². The van der Waals surface area contributed by atoms with Crippen molar-refractivity contribution in [1.29, 1.82) is 0 Å². The topological polar surface area (TPSA) is 46.5 Å². The first-order valence-corrected chi connectivity index (χ1v) is 6.58. The van der Waals surface area contributed by atoms with Gasteiger partial charge in [-0.15, -0.1) is 0 Å². The van der Waals surface area contributed by atoms with Crippen LogP contribution in [0.25, 0.3) is 0 Å². The molecule has 3 nitrogen and oxygen atoms in total. The minimum absolute atomic E-state index is 0.109. The highest BCUT2D eigenvalue weighted by atomic mass is 16.5. The maximum absolute atomic E-state index is 11.1. The maximum atomic E-state index is 11.1. The molecule has 0 aliphatic heterocycles. The van der Waals surface area contributed by atoms with Gasteiger partial charge in [-0.3, -0.25) is 4.79 Å². The molecule has 1 aromatic carbocycles. The van der Waals surface area contributed by atoms with E-state index in [1.807, 2.05) is 19.1 Å². The first kappa shape index (κ1) is 14.6. The Kier molecular flexibility index (Phi) is 6.26. The molecule has 0 heterocycles. The summed E-state index contributed by atoms with van der Waals surface area (Å²) < 4.78 is 4.88. The fraction of sp³-hybridized carbons (Fsp3) is 0.533. The molecule has 0 saturated heterocycles. The second-order valence-corrected chi connectivity index (χ2v) is 4.55. The first-order valence-electron chi connectivity index (χ1n) is 6.58. The van der Waals surface area contributed by atoms with Gasteiger partial charge in [0.25, 0.3) is 0 Å². The molecular formula is C15H22O3. The second kappa shape index (κ2) is 7.75. The summed E-state index contributed by atoms with van der Waals surface area (Å²) in [7, 11) is 0. The van der Waals surface area contributed by atoms with Crippen molar-refractivity contribution in [1.82, 2.24) is 0 Å². The van der Waals surface area contributed by atoms with E-state index < -0.39 is 0 Å². The molecule has 0 radical (unpaired) electrons. The van der Waals surface area contributed by atoms with Crippen LogP contribution in [0.4, 0.5) is 0 Å². The van der Waals surface area contributed by atoms with Crippen molar-refractivity contribution in [2.45, 2.75) is 45.4 Å². The summed E-state index contributed by atoms with van der Waals surface area (Å²) in [6.45, 7) is 4.42. The fourth-order valence-corrected chi connectivity index (χ4v) is 1.95. The van der Waals surface area contributed by atoms with Crippen LogP contribution in [0.1, 0.15) is 51.0 Å². The van der Waals surface area contributed by atoms with Crippen LogP contribution >= 0.6 is 0 Å². The molecule has 0 aliphatic rings. The molecule has 100 valence electrons. The summed E-state index contributed by atoms with van der Waals surface area (Å²) in [5.41, 5.74) is 1.14. The molecule has 18 heavy (non-hydrogen) atoms. The molecule has 0 amide bonds. The number of ether oxygens (including phenoxy) is 1. The lowest BCUT2D eigenvalue weighted by Crippen LogP contribution is -2.03. The van der Waals surface area contributed by atoms with E-state index in [4.69, 9.17) is 4.74 Å². The number of phenols is 1. The lowest BCUT2D eigenvalue weighted by Gasteiger charge is -2.11. The number of hydrogen-bond acceptors (Lipinski definition) is 3. The molecule has 1 rings (SSSR count). The van der Waals surface area contributed by atoms with Crippen molar-refractivity contribution in [2.75, 3.05) is 6.61 Å². The van der Waals surface area contributed by atoms with Gasteiger partial charge in [0.05, 0.1) is 6.61 Å². The Hall–Kier alpha value is -1.51. The quantitative estimate of drug-likeness (QED) is 0.594. The lowest BCUT2D eigenvalue weighted by molar-refractivity contribution is -0.143. The Balaban J connectivity index is 2.25. The minimum atomic E-state index is -0.109. The van der Waals surface area contributed by atoms with E-state index >= 15 is 0 Å². The Morgan fingerprint density at radius 1 is 1.39 bits per heavy atom. The summed E-state index contributed by atoms with van der Waals surface area (Å²) >= 11 is 0. The number of hydrogen-bond donors (Lipinski definition) is 1. The van der Waals surface area contributed by atoms with Crippen LogP contribution in [0.5, 0.6) is 5.75 Å². The third-order valence-electron chi connectivity index (χ3n) is 3.01. The lowest BCUT2D eigenvalue weighted by atomic mass is 9.95. The SMILES string of the molecule is CCOC(=O)CCCCC(C)c1cccc(O)c1. The molecule has 3 heteroatoms. The third kappa shape index (κ3) is 5.21.